The summed E-state index contributed by atoms with van der Waals surface area (Å²) < 4.78 is 0. The van der Waals surface area contributed by atoms with Gasteiger partial charge in [-0.3, -0.25) is 0 Å². The van der Waals surface area contributed by atoms with E-state index in [2.05, 4.69) is 0 Å². The lowest BCUT2D eigenvalue weighted by Crippen LogP contribution is -2.49. The van der Waals surface area contributed by atoms with E-state index in [1.165, 1.54) is 0 Å². The van der Waals surface area contributed by atoms with E-state index in [1.807, 2.05) is 142 Å². The van der Waals surface area contributed by atoms with Crippen molar-refractivity contribution in [2.45, 2.75) is 49.6 Å². The van der Waals surface area contributed by atoms with Crippen LogP contribution in [0.5, 0.6) is 0 Å². The van der Waals surface area contributed by atoms with Gasteiger partial charge in [-0.1, -0.05) is 118 Å². The van der Waals surface area contributed by atoms with E-state index in [0.29, 0.717) is 28.7 Å². The zero-order chi connectivity index (χ0) is 33.7. The van der Waals surface area contributed by atoms with Crippen molar-refractivity contribution < 1.29 is 20.4 Å². The van der Waals surface area contributed by atoms with Crippen molar-refractivity contribution in [2.24, 2.45) is 5.92 Å². The highest BCUT2D eigenvalue weighted by atomic mass is 16.4. The Balaban J connectivity index is 1.30. The summed E-state index contributed by atoms with van der Waals surface area (Å²) in [5, 5.41) is 51.9. The number of benzene rings is 6. The van der Waals surface area contributed by atoms with Gasteiger partial charge >= 0.3 is 0 Å². The van der Waals surface area contributed by atoms with Gasteiger partial charge in [-0.2, -0.15) is 0 Å². The molecule has 0 amide bonds. The van der Waals surface area contributed by atoms with Crippen LogP contribution in [0.25, 0.3) is 44.5 Å². The molecule has 4 heteroatoms. The van der Waals surface area contributed by atoms with Crippen molar-refractivity contribution in [1.29, 1.82) is 0 Å². The highest BCUT2D eigenvalue weighted by Gasteiger charge is 2.63. The number of aliphatic hydroxyl groups is 4. The summed E-state index contributed by atoms with van der Waals surface area (Å²) in [5.74, 6) is -0.104. The van der Waals surface area contributed by atoms with Gasteiger partial charge < -0.3 is 20.4 Å². The van der Waals surface area contributed by atoms with Gasteiger partial charge in [0.2, 0.25) is 0 Å². The molecular weight excluding hydrogens is 604 g/mol. The molecule has 0 fully saturated rings. The molecule has 0 saturated heterocycles. The molecule has 0 radical (unpaired) electrons. The van der Waals surface area contributed by atoms with Crippen LogP contribution in [-0.4, -0.2) is 20.4 Å². The van der Waals surface area contributed by atoms with Crippen molar-refractivity contribution >= 4 is 0 Å². The molecule has 49 heavy (non-hydrogen) atoms. The first kappa shape index (κ1) is 29.1. The topological polar surface area (TPSA) is 80.9 Å². The van der Waals surface area contributed by atoms with Crippen molar-refractivity contribution in [3.05, 3.63) is 166 Å². The molecule has 4 nitrogen and oxygen atoms in total. The van der Waals surface area contributed by atoms with E-state index in [0.717, 1.165) is 66.8 Å². The summed E-state index contributed by atoms with van der Waals surface area (Å²) in [7, 11) is 0. The van der Waals surface area contributed by atoms with E-state index >= 15 is 0 Å². The van der Waals surface area contributed by atoms with Crippen molar-refractivity contribution in [2.75, 3.05) is 0 Å². The molecular formula is C45H36O4. The maximum atomic E-state index is 13.7. The molecule has 0 spiro atoms. The predicted molar refractivity (Wildman–Crippen MR) is 192 cm³/mol. The van der Waals surface area contributed by atoms with Gasteiger partial charge in [0.15, 0.2) is 11.2 Å². The molecule has 4 aliphatic carbocycles. The van der Waals surface area contributed by atoms with Crippen LogP contribution in [0.4, 0.5) is 0 Å². The molecule has 4 aliphatic rings. The normalized spacial score (nSPS) is 26.0. The van der Waals surface area contributed by atoms with Crippen molar-refractivity contribution in [1.82, 2.24) is 0 Å². The van der Waals surface area contributed by atoms with Gasteiger partial charge in [0.25, 0.3) is 0 Å². The number of fused-ring (bicyclic) bond motifs is 12. The third-order valence-corrected chi connectivity index (χ3v) is 12.3. The molecule has 10 rings (SSSR count). The van der Waals surface area contributed by atoms with Gasteiger partial charge in [-0.25, -0.2) is 0 Å². The summed E-state index contributed by atoms with van der Waals surface area (Å²) in [6, 6.07) is 39.6. The van der Waals surface area contributed by atoms with Gasteiger partial charge in [-0.05, 0) is 114 Å². The fourth-order valence-corrected chi connectivity index (χ4v) is 9.91. The Morgan fingerprint density at radius 3 is 1.24 bits per heavy atom. The van der Waals surface area contributed by atoms with Gasteiger partial charge in [0.05, 0.1) is 0 Å². The standard InChI is InChI=1S/C45H36O4/c1-4-42(46)34-17-9-5-13-26(34)30-23-40-32(21-38(30)42)28-15-7-11-19-36(28)44(40,48)45(49)37-20-12-8-16-29(37)33-22-39-31(24-41(33)45)27-14-6-10-18-35(27)43(39,47)25(2)3/h5-25,46-49H,4H2,1-3H3. The van der Waals surface area contributed by atoms with E-state index in [1.54, 1.807) is 0 Å². The van der Waals surface area contributed by atoms with Crippen LogP contribution in [0.1, 0.15) is 71.7 Å². The quantitative estimate of drug-likeness (QED) is 0.157. The molecule has 6 aromatic rings. The lowest BCUT2D eigenvalue weighted by molar-refractivity contribution is -0.107. The highest BCUT2D eigenvalue weighted by molar-refractivity contribution is 5.94. The fraction of sp³-hybridized carbons (Fsp3) is 0.200. The molecule has 4 atom stereocenters. The second-order valence-corrected chi connectivity index (χ2v) is 14.6. The Bertz CT molecular complexity index is 2440. The first-order valence-electron chi connectivity index (χ1n) is 17.3. The smallest absolute Gasteiger partial charge is 0.153 e. The van der Waals surface area contributed by atoms with Crippen LogP contribution in [0.3, 0.4) is 0 Å². The zero-order valence-electron chi connectivity index (χ0n) is 27.6. The first-order valence-corrected chi connectivity index (χ1v) is 17.3. The lowest BCUT2D eigenvalue weighted by atomic mass is 9.69. The number of hydrogen-bond donors (Lipinski definition) is 4. The molecule has 0 aromatic heterocycles. The Morgan fingerprint density at radius 1 is 0.408 bits per heavy atom. The number of rotatable bonds is 3. The van der Waals surface area contributed by atoms with Gasteiger partial charge in [-0.15, -0.1) is 0 Å². The molecule has 4 N–H and O–H groups in total. The minimum atomic E-state index is -1.89. The summed E-state index contributed by atoms with van der Waals surface area (Å²) in [6.45, 7) is 6.07. The third kappa shape index (κ3) is 3.12. The second-order valence-electron chi connectivity index (χ2n) is 14.6. The zero-order valence-corrected chi connectivity index (χ0v) is 27.6. The van der Waals surface area contributed by atoms with Crippen LogP contribution < -0.4 is 0 Å². The third-order valence-electron chi connectivity index (χ3n) is 12.3. The van der Waals surface area contributed by atoms with E-state index in [9.17, 15) is 20.4 Å². The summed E-state index contributed by atoms with van der Waals surface area (Å²) >= 11 is 0. The Kier molecular flexibility index (Phi) is 5.48. The fourth-order valence-electron chi connectivity index (χ4n) is 9.91. The van der Waals surface area contributed by atoms with Crippen molar-refractivity contribution in [3.63, 3.8) is 0 Å². The van der Waals surface area contributed by atoms with Gasteiger partial charge in [0, 0.05) is 11.1 Å². The number of hydrogen-bond acceptors (Lipinski definition) is 4. The monoisotopic (exact) mass is 640 g/mol. The van der Waals surface area contributed by atoms with E-state index in [4.69, 9.17) is 0 Å². The van der Waals surface area contributed by atoms with Crippen LogP contribution in [0.2, 0.25) is 0 Å². The SMILES string of the molecule is CCC1(O)c2ccccc2-c2cc3c(cc21)-c1ccccc1C3(O)C1(O)c2ccccc2-c2cc3c(cc21)-c1ccccc1C3(O)C(C)C. The summed E-state index contributed by atoms with van der Waals surface area (Å²) in [6.07, 6.45) is 0.502. The molecule has 0 bridgehead atoms. The Labute approximate surface area is 285 Å². The van der Waals surface area contributed by atoms with Crippen LogP contribution in [-0.2, 0) is 22.4 Å². The first-order chi connectivity index (χ1) is 23.6. The Hall–Kier alpha value is -4.84. The lowest BCUT2D eigenvalue weighted by Gasteiger charge is -2.42. The van der Waals surface area contributed by atoms with E-state index < -0.39 is 22.4 Å². The average Bonchev–Trinajstić information content (AvgIpc) is 3.75. The average molecular weight is 641 g/mol. The Morgan fingerprint density at radius 2 is 0.755 bits per heavy atom. The molecule has 0 saturated carbocycles. The van der Waals surface area contributed by atoms with Crippen LogP contribution in [0, 0.1) is 5.92 Å². The minimum Gasteiger partial charge on any atom is -0.380 e. The molecule has 4 unspecified atom stereocenters. The molecule has 0 aliphatic heterocycles. The minimum absolute atomic E-state index is 0.104. The maximum absolute atomic E-state index is 13.7. The largest absolute Gasteiger partial charge is 0.380 e. The maximum Gasteiger partial charge on any atom is 0.153 e. The second kappa shape index (κ2) is 9.23. The summed E-state index contributed by atoms with van der Waals surface area (Å²) in [5.41, 5.74) is 6.49. The molecule has 0 heterocycles. The van der Waals surface area contributed by atoms with Crippen molar-refractivity contribution in [3.8, 4) is 44.5 Å². The highest BCUT2D eigenvalue weighted by Crippen LogP contribution is 2.66. The molecule has 6 aromatic carbocycles. The van der Waals surface area contributed by atoms with E-state index in [-0.39, 0.29) is 5.92 Å². The summed E-state index contributed by atoms with van der Waals surface area (Å²) in [4.78, 5) is 0. The van der Waals surface area contributed by atoms with Crippen LogP contribution >= 0.6 is 0 Å². The molecule has 240 valence electrons. The predicted octanol–water partition coefficient (Wildman–Crippen LogP) is 8.32. The van der Waals surface area contributed by atoms with Gasteiger partial charge in [0.1, 0.15) is 11.2 Å². The van der Waals surface area contributed by atoms with Crippen LogP contribution in [0.15, 0.2) is 121 Å².